The fourth-order valence-electron chi connectivity index (χ4n) is 2.37. The SMILES string of the molecule is CCNC(=NCC(O)c1ccncc1)N(C)CCOc1ccc(C)cc1.I. The van der Waals surface area contributed by atoms with Gasteiger partial charge in [0.2, 0.25) is 0 Å². The Morgan fingerprint density at radius 1 is 1.22 bits per heavy atom. The van der Waals surface area contributed by atoms with E-state index < -0.39 is 6.10 Å². The van der Waals surface area contributed by atoms with Crippen LogP contribution in [0.3, 0.4) is 0 Å². The zero-order chi connectivity index (χ0) is 18.8. The molecule has 0 saturated heterocycles. The van der Waals surface area contributed by atoms with Crippen LogP contribution in [-0.4, -0.2) is 54.2 Å². The van der Waals surface area contributed by atoms with Crippen LogP contribution < -0.4 is 10.1 Å². The van der Waals surface area contributed by atoms with Gasteiger partial charge in [-0.3, -0.25) is 9.98 Å². The number of aliphatic hydroxyl groups is 1. The largest absolute Gasteiger partial charge is 0.492 e. The number of nitrogens with zero attached hydrogens (tertiary/aromatic N) is 3. The molecule has 6 nitrogen and oxygen atoms in total. The van der Waals surface area contributed by atoms with E-state index in [-0.39, 0.29) is 30.5 Å². The number of aliphatic hydroxyl groups excluding tert-OH is 1. The number of aryl methyl sites for hydroxylation is 1. The molecule has 2 rings (SSSR count). The summed E-state index contributed by atoms with van der Waals surface area (Å²) in [6.07, 6.45) is 2.69. The third-order valence-corrected chi connectivity index (χ3v) is 3.92. The molecule has 148 valence electrons. The smallest absolute Gasteiger partial charge is 0.193 e. The summed E-state index contributed by atoms with van der Waals surface area (Å²) < 4.78 is 5.77. The summed E-state index contributed by atoms with van der Waals surface area (Å²) >= 11 is 0. The number of aliphatic imine (C=N–C) groups is 1. The molecule has 2 aromatic rings. The maximum atomic E-state index is 10.3. The van der Waals surface area contributed by atoms with E-state index >= 15 is 0 Å². The monoisotopic (exact) mass is 484 g/mol. The van der Waals surface area contributed by atoms with Crippen LogP contribution in [0.1, 0.15) is 24.2 Å². The lowest BCUT2D eigenvalue weighted by molar-refractivity contribution is 0.186. The number of hydrogen-bond donors (Lipinski definition) is 2. The van der Waals surface area contributed by atoms with Gasteiger partial charge in [-0.15, -0.1) is 24.0 Å². The van der Waals surface area contributed by atoms with Crippen LogP contribution in [0.5, 0.6) is 5.75 Å². The molecule has 0 saturated carbocycles. The lowest BCUT2D eigenvalue weighted by Gasteiger charge is -2.22. The second-order valence-electron chi connectivity index (χ2n) is 6.07. The minimum absolute atomic E-state index is 0. The van der Waals surface area contributed by atoms with Gasteiger partial charge in [-0.2, -0.15) is 0 Å². The molecule has 0 bridgehead atoms. The lowest BCUT2D eigenvalue weighted by Crippen LogP contribution is -2.41. The number of guanidine groups is 1. The minimum Gasteiger partial charge on any atom is -0.492 e. The van der Waals surface area contributed by atoms with Crippen LogP contribution in [0.25, 0.3) is 0 Å². The third-order valence-electron chi connectivity index (χ3n) is 3.92. The molecular weight excluding hydrogens is 455 g/mol. The molecule has 7 heteroatoms. The molecule has 0 fully saturated rings. The molecule has 0 aliphatic rings. The minimum atomic E-state index is -0.649. The number of hydrogen-bond acceptors (Lipinski definition) is 4. The van der Waals surface area contributed by atoms with Crippen molar-refractivity contribution in [1.29, 1.82) is 0 Å². The molecular formula is C20H29IN4O2. The van der Waals surface area contributed by atoms with Crippen LogP contribution in [-0.2, 0) is 0 Å². The molecule has 1 atom stereocenters. The Balaban J connectivity index is 0.00000364. The second kappa shape index (κ2) is 12.5. The van der Waals surface area contributed by atoms with Crippen molar-refractivity contribution in [3.05, 3.63) is 59.9 Å². The van der Waals surface area contributed by atoms with Crippen molar-refractivity contribution >= 4 is 29.9 Å². The average Bonchev–Trinajstić information content (AvgIpc) is 2.67. The normalized spacial score (nSPS) is 12.1. The first kappa shape index (κ1) is 23.2. The number of halogens is 1. The van der Waals surface area contributed by atoms with Crippen molar-refractivity contribution in [1.82, 2.24) is 15.2 Å². The lowest BCUT2D eigenvalue weighted by atomic mass is 10.1. The fraction of sp³-hybridized carbons (Fsp3) is 0.400. The second-order valence-corrected chi connectivity index (χ2v) is 6.07. The molecule has 1 heterocycles. The maximum Gasteiger partial charge on any atom is 0.193 e. The Hall–Kier alpha value is -1.87. The van der Waals surface area contributed by atoms with Gasteiger partial charge in [-0.05, 0) is 43.7 Å². The Morgan fingerprint density at radius 3 is 2.52 bits per heavy atom. The van der Waals surface area contributed by atoms with Gasteiger partial charge in [-0.1, -0.05) is 17.7 Å². The van der Waals surface area contributed by atoms with Crippen molar-refractivity contribution < 1.29 is 9.84 Å². The molecule has 27 heavy (non-hydrogen) atoms. The van der Waals surface area contributed by atoms with E-state index in [2.05, 4.69) is 22.2 Å². The molecule has 0 aliphatic carbocycles. The molecule has 0 radical (unpaired) electrons. The molecule has 1 aromatic heterocycles. The number of ether oxygens (including phenoxy) is 1. The molecule has 0 aliphatic heterocycles. The Labute approximate surface area is 178 Å². The summed E-state index contributed by atoms with van der Waals surface area (Å²) in [4.78, 5) is 10.5. The number of aromatic nitrogens is 1. The van der Waals surface area contributed by atoms with Crippen molar-refractivity contribution in [2.24, 2.45) is 4.99 Å². The van der Waals surface area contributed by atoms with Gasteiger partial charge < -0.3 is 20.1 Å². The fourth-order valence-corrected chi connectivity index (χ4v) is 2.37. The van der Waals surface area contributed by atoms with Gasteiger partial charge in [0.05, 0.1) is 19.2 Å². The zero-order valence-corrected chi connectivity index (χ0v) is 18.5. The number of likely N-dealkylation sites (N-methyl/N-ethyl adjacent to an activating group) is 1. The quantitative estimate of drug-likeness (QED) is 0.343. The first-order valence-electron chi connectivity index (χ1n) is 8.87. The van der Waals surface area contributed by atoms with Crippen LogP contribution in [0, 0.1) is 6.92 Å². The highest BCUT2D eigenvalue weighted by atomic mass is 127. The first-order valence-corrected chi connectivity index (χ1v) is 8.87. The maximum absolute atomic E-state index is 10.3. The van der Waals surface area contributed by atoms with E-state index in [1.165, 1.54) is 5.56 Å². The number of rotatable bonds is 8. The summed E-state index contributed by atoms with van der Waals surface area (Å²) in [6.45, 7) is 6.35. The van der Waals surface area contributed by atoms with Gasteiger partial charge >= 0.3 is 0 Å². The van der Waals surface area contributed by atoms with Gasteiger partial charge in [0.15, 0.2) is 5.96 Å². The van der Waals surface area contributed by atoms with E-state index in [0.29, 0.717) is 13.2 Å². The van der Waals surface area contributed by atoms with E-state index in [1.807, 2.05) is 43.1 Å². The standard InChI is InChI=1S/C20H28N4O2.HI/c1-4-22-20(23-15-19(25)17-9-11-21-12-10-17)24(3)13-14-26-18-7-5-16(2)6-8-18;/h5-12,19,25H,4,13-15H2,1-3H3,(H,22,23);1H. The Morgan fingerprint density at radius 2 is 1.89 bits per heavy atom. The summed E-state index contributed by atoms with van der Waals surface area (Å²) in [5.41, 5.74) is 2.02. The summed E-state index contributed by atoms with van der Waals surface area (Å²) in [5, 5.41) is 13.5. The van der Waals surface area contributed by atoms with Gasteiger partial charge in [0.1, 0.15) is 12.4 Å². The molecule has 0 spiro atoms. The van der Waals surface area contributed by atoms with E-state index in [9.17, 15) is 5.11 Å². The van der Waals surface area contributed by atoms with Crippen LogP contribution in [0.2, 0.25) is 0 Å². The van der Waals surface area contributed by atoms with Crippen molar-refractivity contribution in [2.45, 2.75) is 20.0 Å². The number of pyridine rings is 1. The van der Waals surface area contributed by atoms with Crippen molar-refractivity contribution in [3.8, 4) is 5.75 Å². The van der Waals surface area contributed by atoms with Gasteiger partial charge in [0, 0.05) is 26.0 Å². The molecule has 1 aromatic carbocycles. The van der Waals surface area contributed by atoms with Crippen LogP contribution >= 0.6 is 24.0 Å². The topological polar surface area (TPSA) is 70.0 Å². The van der Waals surface area contributed by atoms with E-state index in [0.717, 1.165) is 23.8 Å². The highest BCUT2D eigenvalue weighted by molar-refractivity contribution is 14.0. The predicted molar refractivity (Wildman–Crippen MR) is 120 cm³/mol. The van der Waals surface area contributed by atoms with Gasteiger partial charge in [-0.25, -0.2) is 0 Å². The van der Waals surface area contributed by atoms with Crippen molar-refractivity contribution in [2.75, 3.05) is 33.3 Å². The Bertz CT molecular complexity index is 680. The number of nitrogens with one attached hydrogen (secondary N) is 1. The van der Waals surface area contributed by atoms with E-state index in [1.54, 1.807) is 24.5 Å². The zero-order valence-electron chi connectivity index (χ0n) is 16.1. The van der Waals surface area contributed by atoms with Crippen molar-refractivity contribution in [3.63, 3.8) is 0 Å². The average molecular weight is 484 g/mol. The molecule has 1 unspecified atom stereocenters. The van der Waals surface area contributed by atoms with Crippen LogP contribution in [0.15, 0.2) is 53.8 Å². The Kier molecular flexibility index (Phi) is 10.7. The first-order chi connectivity index (χ1) is 12.6. The highest BCUT2D eigenvalue weighted by Crippen LogP contribution is 2.12. The highest BCUT2D eigenvalue weighted by Gasteiger charge is 2.10. The number of benzene rings is 1. The summed E-state index contributed by atoms with van der Waals surface area (Å²) in [7, 11) is 1.96. The van der Waals surface area contributed by atoms with Gasteiger partial charge in [0.25, 0.3) is 0 Å². The predicted octanol–water partition coefficient (Wildman–Crippen LogP) is 3.02. The summed E-state index contributed by atoms with van der Waals surface area (Å²) in [6, 6.07) is 11.6. The summed E-state index contributed by atoms with van der Waals surface area (Å²) in [5.74, 6) is 1.60. The third kappa shape index (κ3) is 8.13. The van der Waals surface area contributed by atoms with Crippen LogP contribution in [0.4, 0.5) is 0 Å². The molecule has 0 amide bonds. The molecule has 2 N–H and O–H groups in total. The van der Waals surface area contributed by atoms with E-state index in [4.69, 9.17) is 4.74 Å².